The SMILES string of the molecule is CC[C@@H](c1nnnn1Cc1ccc(F)cc1)N(Cc1ccc(C)cc1)Cc1cc2c(C)ccc(C)c2[nH]c1=O. The van der Waals surface area contributed by atoms with Gasteiger partial charge in [-0.05, 0) is 78.1 Å². The number of nitrogens with zero attached hydrogens (tertiary/aromatic N) is 5. The number of pyridine rings is 1. The number of fused-ring (bicyclic) bond motifs is 1. The summed E-state index contributed by atoms with van der Waals surface area (Å²) >= 11 is 0. The molecule has 200 valence electrons. The first kappa shape index (κ1) is 26.4. The van der Waals surface area contributed by atoms with E-state index >= 15 is 0 Å². The summed E-state index contributed by atoms with van der Waals surface area (Å²) in [6.07, 6.45) is 0.735. The number of hydrogen-bond acceptors (Lipinski definition) is 5. The van der Waals surface area contributed by atoms with E-state index in [0.29, 0.717) is 31.0 Å². The summed E-state index contributed by atoms with van der Waals surface area (Å²) in [5, 5.41) is 13.7. The second-order valence-electron chi connectivity index (χ2n) is 10.2. The van der Waals surface area contributed by atoms with Crippen LogP contribution in [0.3, 0.4) is 0 Å². The van der Waals surface area contributed by atoms with Crippen LogP contribution in [0.2, 0.25) is 0 Å². The van der Waals surface area contributed by atoms with Crippen LogP contribution in [-0.4, -0.2) is 30.1 Å². The molecule has 5 aromatic rings. The Balaban J connectivity index is 1.54. The van der Waals surface area contributed by atoms with Gasteiger partial charge >= 0.3 is 0 Å². The van der Waals surface area contributed by atoms with Gasteiger partial charge in [-0.25, -0.2) is 9.07 Å². The van der Waals surface area contributed by atoms with Crippen LogP contribution < -0.4 is 5.56 Å². The zero-order chi connectivity index (χ0) is 27.5. The molecule has 39 heavy (non-hydrogen) atoms. The molecule has 2 aromatic heterocycles. The van der Waals surface area contributed by atoms with E-state index in [4.69, 9.17) is 0 Å². The van der Waals surface area contributed by atoms with Crippen LogP contribution in [0.5, 0.6) is 0 Å². The number of tetrazole rings is 1. The zero-order valence-electron chi connectivity index (χ0n) is 22.8. The fourth-order valence-electron chi connectivity index (χ4n) is 5.09. The standard InChI is InChI=1S/C31H33FN6O/c1-5-28(30-34-35-36-38(30)18-24-12-14-26(32)15-13-24)37(17-23-10-6-20(2)7-11-23)19-25-16-27-21(3)8-9-22(4)29(27)33-31(25)39/h6-16,28H,5,17-19H2,1-4H3,(H,33,39)/t28-/m0/s1. The van der Waals surface area contributed by atoms with Gasteiger partial charge in [-0.15, -0.1) is 5.10 Å². The topological polar surface area (TPSA) is 79.7 Å². The van der Waals surface area contributed by atoms with E-state index in [1.54, 1.807) is 16.8 Å². The maximum atomic E-state index is 13.5. The van der Waals surface area contributed by atoms with Crippen LogP contribution in [-0.2, 0) is 19.6 Å². The van der Waals surface area contributed by atoms with Crippen molar-refractivity contribution in [2.45, 2.75) is 59.8 Å². The van der Waals surface area contributed by atoms with Crippen molar-refractivity contribution in [3.05, 3.63) is 122 Å². The highest BCUT2D eigenvalue weighted by Gasteiger charge is 2.26. The van der Waals surface area contributed by atoms with E-state index in [-0.39, 0.29) is 17.4 Å². The minimum Gasteiger partial charge on any atom is -0.321 e. The molecule has 0 amide bonds. The molecule has 2 heterocycles. The van der Waals surface area contributed by atoms with Crippen LogP contribution in [0, 0.1) is 26.6 Å². The van der Waals surface area contributed by atoms with E-state index < -0.39 is 0 Å². The first-order valence-corrected chi connectivity index (χ1v) is 13.2. The van der Waals surface area contributed by atoms with Gasteiger partial charge in [-0.2, -0.15) is 0 Å². The fraction of sp³-hybridized carbons (Fsp3) is 0.290. The second kappa shape index (κ2) is 11.3. The number of hydrogen-bond donors (Lipinski definition) is 1. The van der Waals surface area contributed by atoms with Crippen LogP contribution in [0.25, 0.3) is 10.9 Å². The second-order valence-corrected chi connectivity index (χ2v) is 10.2. The van der Waals surface area contributed by atoms with Gasteiger partial charge in [0.2, 0.25) is 0 Å². The molecule has 0 spiro atoms. The van der Waals surface area contributed by atoms with Crippen molar-refractivity contribution in [2.24, 2.45) is 0 Å². The lowest BCUT2D eigenvalue weighted by molar-refractivity contribution is 0.161. The van der Waals surface area contributed by atoms with E-state index in [0.717, 1.165) is 39.6 Å². The quantitative estimate of drug-likeness (QED) is 0.264. The van der Waals surface area contributed by atoms with Gasteiger partial charge in [0, 0.05) is 24.0 Å². The molecular formula is C31H33FN6O. The van der Waals surface area contributed by atoms with Gasteiger partial charge in [0.05, 0.1) is 18.1 Å². The lowest BCUT2D eigenvalue weighted by atomic mass is 10.0. The number of H-pyrrole nitrogens is 1. The lowest BCUT2D eigenvalue weighted by Gasteiger charge is -2.30. The predicted molar refractivity (Wildman–Crippen MR) is 151 cm³/mol. The monoisotopic (exact) mass is 524 g/mol. The highest BCUT2D eigenvalue weighted by atomic mass is 19.1. The third kappa shape index (κ3) is 5.81. The molecule has 0 aliphatic heterocycles. The first-order valence-electron chi connectivity index (χ1n) is 13.2. The summed E-state index contributed by atoms with van der Waals surface area (Å²) in [6.45, 7) is 9.70. The number of rotatable bonds is 9. The van der Waals surface area contributed by atoms with Crippen molar-refractivity contribution in [1.82, 2.24) is 30.1 Å². The van der Waals surface area contributed by atoms with E-state index in [1.807, 2.05) is 19.1 Å². The van der Waals surface area contributed by atoms with Gasteiger partial charge in [0.15, 0.2) is 5.82 Å². The molecule has 1 N–H and O–H groups in total. The Morgan fingerprint density at radius 2 is 1.62 bits per heavy atom. The molecule has 0 radical (unpaired) electrons. The van der Waals surface area contributed by atoms with Crippen molar-refractivity contribution in [1.29, 1.82) is 0 Å². The lowest BCUT2D eigenvalue weighted by Crippen LogP contribution is -2.32. The van der Waals surface area contributed by atoms with Crippen molar-refractivity contribution >= 4 is 10.9 Å². The highest BCUT2D eigenvalue weighted by Crippen LogP contribution is 2.28. The number of benzene rings is 3. The first-order chi connectivity index (χ1) is 18.8. The van der Waals surface area contributed by atoms with Gasteiger partial charge < -0.3 is 4.98 Å². The molecule has 0 aliphatic rings. The van der Waals surface area contributed by atoms with Crippen LogP contribution in [0.4, 0.5) is 4.39 Å². The average molecular weight is 525 g/mol. The summed E-state index contributed by atoms with van der Waals surface area (Å²) in [4.78, 5) is 18.7. The van der Waals surface area contributed by atoms with Gasteiger partial charge in [0.1, 0.15) is 5.82 Å². The predicted octanol–water partition coefficient (Wildman–Crippen LogP) is 5.78. The Morgan fingerprint density at radius 1 is 0.923 bits per heavy atom. The van der Waals surface area contributed by atoms with E-state index in [2.05, 4.69) is 76.5 Å². The van der Waals surface area contributed by atoms with Gasteiger partial charge in [0.25, 0.3) is 5.56 Å². The smallest absolute Gasteiger partial charge is 0.252 e. The number of aromatic amines is 1. The Kier molecular flexibility index (Phi) is 7.65. The third-order valence-corrected chi connectivity index (χ3v) is 7.33. The molecule has 1 atom stereocenters. The zero-order valence-corrected chi connectivity index (χ0v) is 22.8. The van der Waals surface area contributed by atoms with Crippen molar-refractivity contribution in [3.8, 4) is 0 Å². The molecular weight excluding hydrogens is 491 g/mol. The van der Waals surface area contributed by atoms with E-state index in [9.17, 15) is 9.18 Å². The van der Waals surface area contributed by atoms with Crippen LogP contribution in [0.1, 0.15) is 58.6 Å². The maximum Gasteiger partial charge on any atom is 0.252 e. The molecule has 0 unspecified atom stereocenters. The van der Waals surface area contributed by atoms with Crippen LogP contribution in [0.15, 0.2) is 71.5 Å². The largest absolute Gasteiger partial charge is 0.321 e. The molecule has 8 heteroatoms. The molecule has 0 bridgehead atoms. The molecule has 5 rings (SSSR count). The molecule has 0 saturated heterocycles. The normalized spacial score (nSPS) is 12.4. The number of halogens is 1. The van der Waals surface area contributed by atoms with E-state index in [1.165, 1.54) is 17.7 Å². The molecule has 0 aliphatic carbocycles. The molecule has 0 saturated carbocycles. The number of aryl methyl sites for hydroxylation is 3. The van der Waals surface area contributed by atoms with Gasteiger partial charge in [-0.3, -0.25) is 9.69 Å². The fourth-order valence-corrected chi connectivity index (χ4v) is 5.09. The molecule has 3 aromatic carbocycles. The average Bonchev–Trinajstić information content (AvgIpc) is 3.37. The van der Waals surface area contributed by atoms with Gasteiger partial charge in [-0.1, -0.05) is 61.0 Å². The minimum atomic E-state index is -0.280. The maximum absolute atomic E-state index is 13.5. The number of aromatic nitrogens is 5. The Morgan fingerprint density at radius 3 is 2.33 bits per heavy atom. The summed E-state index contributed by atoms with van der Waals surface area (Å²) in [5.41, 5.74) is 6.88. The summed E-state index contributed by atoms with van der Waals surface area (Å²) < 4.78 is 15.2. The summed E-state index contributed by atoms with van der Waals surface area (Å²) in [6, 6.07) is 20.8. The number of nitrogens with one attached hydrogen (secondary N) is 1. The molecule has 0 fully saturated rings. The van der Waals surface area contributed by atoms with Crippen molar-refractivity contribution in [2.75, 3.05) is 0 Å². The Bertz CT molecular complexity index is 1640. The van der Waals surface area contributed by atoms with Crippen LogP contribution >= 0.6 is 0 Å². The Labute approximate surface area is 227 Å². The Hall–Kier alpha value is -4.17. The molecule has 7 nitrogen and oxygen atoms in total. The summed E-state index contributed by atoms with van der Waals surface area (Å²) in [7, 11) is 0. The highest BCUT2D eigenvalue weighted by molar-refractivity contribution is 5.85. The van der Waals surface area contributed by atoms with Crippen molar-refractivity contribution in [3.63, 3.8) is 0 Å². The minimum absolute atomic E-state index is 0.0918. The third-order valence-electron chi connectivity index (χ3n) is 7.33. The summed E-state index contributed by atoms with van der Waals surface area (Å²) in [5.74, 6) is 0.426. The van der Waals surface area contributed by atoms with Crippen molar-refractivity contribution < 1.29 is 4.39 Å².